The van der Waals surface area contributed by atoms with Crippen molar-refractivity contribution in [2.24, 2.45) is 0 Å². The van der Waals surface area contributed by atoms with Gasteiger partial charge in [-0.25, -0.2) is 0 Å². The topological polar surface area (TPSA) is 42.2 Å². The maximum absolute atomic E-state index is 6.35. The van der Waals surface area contributed by atoms with E-state index in [1.54, 1.807) is 6.20 Å². The summed E-state index contributed by atoms with van der Waals surface area (Å²) in [7, 11) is 0. The Balaban J connectivity index is 2.16. The average Bonchev–Trinajstić information content (AvgIpc) is 2.70. The van der Waals surface area contributed by atoms with E-state index in [0.29, 0.717) is 0 Å². The summed E-state index contributed by atoms with van der Waals surface area (Å²) in [5, 5.41) is 2.21. The third-order valence-electron chi connectivity index (χ3n) is 4.03. The van der Waals surface area contributed by atoms with Crippen LogP contribution in [0.5, 0.6) is 0 Å². The van der Waals surface area contributed by atoms with Crippen molar-refractivity contribution in [1.29, 1.82) is 0 Å². The fraction of sp³-hybridized carbons (Fsp3) is 0.400. The van der Waals surface area contributed by atoms with Gasteiger partial charge in [0.05, 0.1) is 11.4 Å². The fourth-order valence-corrected chi connectivity index (χ4v) is 2.97. The van der Waals surface area contributed by atoms with Crippen LogP contribution in [0.1, 0.15) is 26.7 Å². The lowest BCUT2D eigenvalue weighted by molar-refractivity contribution is 0.518. The van der Waals surface area contributed by atoms with Gasteiger partial charge < -0.3 is 10.6 Å². The van der Waals surface area contributed by atoms with Gasteiger partial charge in [-0.15, -0.1) is 0 Å². The molecule has 0 amide bonds. The van der Waals surface area contributed by atoms with Gasteiger partial charge in [0, 0.05) is 35.2 Å². The van der Waals surface area contributed by atoms with Gasteiger partial charge in [-0.3, -0.25) is 4.98 Å². The van der Waals surface area contributed by atoms with Gasteiger partial charge in [0.1, 0.15) is 0 Å². The molecule has 2 aromatic rings. The molecule has 1 saturated heterocycles. The number of nitrogens with two attached hydrogens (primary N) is 1. The van der Waals surface area contributed by atoms with Crippen molar-refractivity contribution >= 4 is 22.1 Å². The largest absolute Gasteiger partial charge is 0.397 e. The maximum atomic E-state index is 6.35. The number of hydrogen-bond acceptors (Lipinski definition) is 3. The molecule has 1 fully saturated rings. The van der Waals surface area contributed by atoms with Crippen LogP contribution >= 0.6 is 0 Å². The van der Waals surface area contributed by atoms with Crippen molar-refractivity contribution in [2.45, 2.75) is 32.2 Å². The van der Waals surface area contributed by atoms with E-state index in [2.05, 4.69) is 35.9 Å². The van der Waals surface area contributed by atoms with Crippen molar-refractivity contribution in [1.82, 2.24) is 4.98 Å². The average molecular weight is 241 g/mol. The second-order valence-electron chi connectivity index (χ2n) is 5.66. The van der Waals surface area contributed by atoms with E-state index < -0.39 is 0 Å². The Hall–Kier alpha value is -1.77. The van der Waals surface area contributed by atoms with E-state index in [1.807, 2.05) is 12.3 Å². The molecule has 1 aromatic heterocycles. The lowest BCUT2D eigenvalue weighted by atomic mass is 10.0. The molecule has 0 spiro atoms. The summed E-state index contributed by atoms with van der Waals surface area (Å²) in [5.41, 5.74) is 8.60. The minimum absolute atomic E-state index is 0.203. The molecule has 18 heavy (non-hydrogen) atoms. The van der Waals surface area contributed by atoms with Crippen molar-refractivity contribution in [2.75, 3.05) is 17.2 Å². The van der Waals surface area contributed by atoms with Crippen LogP contribution in [-0.2, 0) is 0 Å². The summed E-state index contributed by atoms with van der Waals surface area (Å²) in [5.74, 6) is 0. The Bertz CT molecular complexity index is 589. The van der Waals surface area contributed by atoms with Crippen molar-refractivity contribution < 1.29 is 0 Å². The van der Waals surface area contributed by atoms with E-state index in [1.165, 1.54) is 12.8 Å². The van der Waals surface area contributed by atoms with E-state index in [4.69, 9.17) is 5.73 Å². The molecule has 3 heteroatoms. The van der Waals surface area contributed by atoms with Crippen LogP contribution in [0, 0.1) is 0 Å². The molecule has 0 saturated carbocycles. The first-order chi connectivity index (χ1) is 8.59. The van der Waals surface area contributed by atoms with Gasteiger partial charge in [-0.1, -0.05) is 6.07 Å². The molecule has 94 valence electrons. The molecule has 3 rings (SSSR count). The van der Waals surface area contributed by atoms with E-state index in [0.717, 1.165) is 28.7 Å². The molecule has 1 aliphatic rings. The Morgan fingerprint density at radius 1 is 1.28 bits per heavy atom. The highest BCUT2D eigenvalue weighted by atomic mass is 15.2. The van der Waals surface area contributed by atoms with Gasteiger partial charge in [0.2, 0.25) is 0 Å². The molecule has 2 N–H and O–H groups in total. The van der Waals surface area contributed by atoms with Crippen LogP contribution in [-0.4, -0.2) is 17.1 Å². The highest BCUT2D eigenvalue weighted by Crippen LogP contribution is 2.39. The molecule has 1 aromatic carbocycles. The smallest absolute Gasteiger partial charge is 0.0632 e. The van der Waals surface area contributed by atoms with E-state index in [9.17, 15) is 0 Å². The Morgan fingerprint density at radius 3 is 2.83 bits per heavy atom. The molecule has 0 aliphatic carbocycles. The Morgan fingerprint density at radius 2 is 2.11 bits per heavy atom. The zero-order valence-corrected chi connectivity index (χ0v) is 11.0. The molecule has 0 unspecified atom stereocenters. The van der Waals surface area contributed by atoms with Crippen LogP contribution in [0.2, 0.25) is 0 Å². The minimum Gasteiger partial charge on any atom is -0.397 e. The summed E-state index contributed by atoms with van der Waals surface area (Å²) in [4.78, 5) is 6.57. The van der Waals surface area contributed by atoms with Crippen LogP contribution in [0.4, 0.5) is 11.4 Å². The maximum Gasteiger partial charge on any atom is 0.0632 e. The van der Waals surface area contributed by atoms with E-state index in [-0.39, 0.29) is 5.54 Å². The van der Waals surface area contributed by atoms with Crippen molar-refractivity contribution in [3.8, 4) is 0 Å². The standard InChI is InChI=1S/C15H19N3/c1-15(2)7-3-9-18(15)13-5-4-11-10-17-8-6-12(11)14(13)16/h4-6,8,10H,3,7,9,16H2,1-2H3. The molecule has 3 nitrogen and oxygen atoms in total. The lowest BCUT2D eigenvalue weighted by Gasteiger charge is -2.34. The number of benzene rings is 1. The van der Waals surface area contributed by atoms with Crippen molar-refractivity contribution in [3.63, 3.8) is 0 Å². The number of aromatic nitrogens is 1. The number of rotatable bonds is 1. The Kier molecular flexibility index (Phi) is 2.44. The van der Waals surface area contributed by atoms with Gasteiger partial charge >= 0.3 is 0 Å². The zero-order chi connectivity index (χ0) is 12.8. The summed E-state index contributed by atoms with van der Waals surface area (Å²) in [6, 6.07) is 6.24. The number of nitrogens with zero attached hydrogens (tertiary/aromatic N) is 2. The molecular formula is C15H19N3. The lowest BCUT2D eigenvalue weighted by Crippen LogP contribution is -2.38. The first-order valence-electron chi connectivity index (χ1n) is 6.49. The predicted molar refractivity (Wildman–Crippen MR) is 76.8 cm³/mol. The number of anilines is 2. The van der Waals surface area contributed by atoms with Gasteiger partial charge in [0.25, 0.3) is 0 Å². The molecular weight excluding hydrogens is 222 g/mol. The van der Waals surface area contributed by atoms with Crippen LogP contribution in [0.3, 0.4) is 0 Å². The first kappa shape index (κ1) is 11.3. The summed E-state index contributed by atoms with van der Waals surface area (Å²) < 4.78 is 0. The number of hydrogen-bond donors (Lipinski definition) is 1. The molecule has 0 atom stereocenters. The second-order valence-corrected chi connectivity index (χ2v) is 5.66. The quantitative estimate of drug-likeness (QED) is 0.780. The molecule has 0 bridgehead atoms. The first-order valence-corrected chi connectivity index (χ1v) is 6.49. The molecule has 2 heterocycles. The highest BCUT2D eigenvalue weighted by Gasteiger charge is 2.33. The number of fused-ring (bicyclic) bond motifs is 1. The third kappa shape index (κ3) is 1.62. The molecule has 1 aliphatic heterocycles. The number of nitrogen functional groups attached to an aromatic ring is 1. The van der Waals surface area contributed by atoms with Crippen LogP contribution in [0.15, 0.2) is 30.6 Å². The predicted octanol–water partition coefficient (Wildman–Crippen LogP) is 3.20. The third-order valence-corrected chi connectivity index (χ3v) is 4.03. The minimum atomic E-state index is 0.203. The number of pyridine rings is 1. The summed E-state index contributed by atoms with van der Waals surface area (Å²) >= 11 is 0. The zero-order valence-electron chi connectivity index (χ0n) is 11.0. The van der Waals surface area contributed by atoms with Crippen molar-refractivity contribution in [3.05, 3.63) is 30.6 Å². The van der Waals surface area contributed by atoms with Gasteiger partial charge in [-0.2, -0.15) is 0 Å². The summed E-state index contributed by atoms with van der Waals surface area (Å²) in [6.07, 6.45) is 6.13. The SMILES string of the molecule is CC1(C)CCCN1c1ccc2cnccc2c1N. The van der Waals surface area contributed by atoms with E-state index >= 15 is 0 Å². The van der Waals surface area contributed by atoms with Gasteiger partial charge in [0.15, 0.2) is 0 Å². The van der Waals surface area contributed by atoms with Gasteiger partial charge in [-0.05, 0) is 38.8 Å². The highest BCUT2D eigenvalue weighted by molar-refractivity contribution is 5.98. The van der Waals surface area contributed by atoms with Crippen LogP contribution < -0.4 is 10.6 Å². The fourth-order valence-electron chi connectivity index (χ4n) is 2.97. The van der Waals surface area contributed by atoms with Crippen LogP contribution in [0.25, 0.3) is 10.8 Å². The monoisotopic (exact) mass is 241 g/mol. The summed E-state index contributed by atoms with van der Waals surface area (Å²) in [6.45, 7) is 5.67. The Labute approximate surface area is 108 Å². The molecule has 0 radical (unpaired) electrons. The second kappa shape index (κ2) is 3.87. The normalized spacial score (nSPS) is 18.4.